The predicted molar refractivity (Wildman–Crippen MR) is 142 cm³/mol. The number of rotatable bonds is 6. The molecule has 3 saturated carbocycles. The Hall–Kier alpha value is -2.65. The van der Waals surface area contributed by atoms with Crippen molar-refractivity contribution in [1.82, 2.24) is 5.32 Å². The third-order valence-corrected chi connectivity index (χ3v) is 10.4. The van der Waals surface area contributed by atoms with Crippen LogP contribution in [0.3, 0.4) is 0 Å². The third kappa shape index (κ3) is 4.61. The van der Waals surface area contributed by atoms with Gasteiger partial charge in [0.25, 0.3) is 5.91 Å². The number of nitrogens with one attached hydrogen (secondary N) is 1. The molecule has 0 saturated heterocycles. The van der Waals surface area contributed by atoms with Crippen LogP contribution in [-0.4, -0.2) is 35.5 Å². The van der Waals surface area contributed by atoms with Gasteiger partial charge in [0.15, 0.2) is 6.61 Å². The molecule has 6 atom stereocenters. The van der Waals surface area contributed by atoms with Gasteiger partial charge in [-0.05, 0) is 105 Å². The predicted octanol–water partition coefficient (Wildman–Crippen LogP) is 5.18. The average molecular weight is 507 g/mol. The van der Waals surface area contributed by atoms with Crippen LogP contribution in [0.4, 0.5) is 4.39 Å². The van der Waals surface area contributed by atoms with Crippen molar-refractivity contribution >= 4 is 11.6 Å². The second kappa shape index (κ2) is 9.91. The van der Waals surface area contributed by atoms with E-state index in [1.807, 2.05) is 0 Å². The Morgan fingerprint density at radius 2 is 1.92 bits per heavy atom. The summed E-state index contributed by atoms with van der Waals surface area (Å²) >= 11 is 0. The zero-order chi connectivity index (χ0) is 26.3. The first-order chi connectivity index (χ1) is 17.7. The lowest BCUT2D eigenvalue weighted by Crippen LogP contribution is -2.54. The Balaban J connectivity index is 1.16. The number of allylic oxidation sites excluding steroid dienone is 2. The Labute approximate surface area is 219 Å². The van der Waals surface area contributed by atoms with Crippen molar-refractivity contribution in [2.24, 2.45) is 33.7 Å². The molecule has 5 rings (SSSR count). The van der Waals surface area contributed by atoms with Gasteiger partial charge < -0.3 is 15.3 Å². The van der Waals surface area contributed by atoms with Gasteiger partial charge in [-0.25, -0.2) is 4.39 Å². The second-order valence-electron chi connectivity index (χ2n) is 12.1. The second-order valence-corrected chi connectivity index (χ2v) is 12.1. The van der Waals surface area contributed by atoms with Gasteiger partial charge in [-0.3, -0.25) is 4.79 Å². The van der Waals surface area contributed by atoms with E-state index < -0.39 is 5.60 Å². The monoisotopic (exact) mass is 506 g/mol. The molecule has 0 spiro atoms. The highest BCUT2D eigenvalue weighted by Crippen LogP contribution is 2.67. The molecule has 6 heteroatoms. The van der Waals surface area contributed by atoms with Crippen LogP contribution in [0.15, 0.2) is 41.1 Å². The van der Waals surface area contributed by atoms with Crippen molar-refractivity contribution < 1.29 is 19.1 Å². The highest BCUT2D eigenvalue weighted by atomic mass is 19.1. The van der Waals surface area contributed by atoms with Crippen LogP contribution in [0.1, 0.15) is 70.8 Å². The van der Waals surface area contributed by atoms with Gasteiger partial charge in [-0.1, -0.05) is 42.6 Å². The Kier molecular flexibility index (Phi) is 6.96. The van der Waals surface area contributed by atoms with Crippen molar-refractivity contribution in [2.75, 3.05) is 13.2 Å². The lowest BCUT2D eigenvalue weighted by atomic mass is 9.46. The molecule has 0 unspecified atom stereocenters. The number of terminal acetylenes is 1. The summed E-state index contributed by atoms with van der Waals surface area (Å²) in [5.41, 5.74) is 2.36. The molecule has 1 aromatic carbocycles. The number of aliphatic hydroxyl groups is 1. The molecule has 5 nitrogen and oxygen atoms in total. The molecule has 0 radical (unpaired) electrons. The molecule has 3 fully saturated rings. The van der Waals surface area contributed by atoms with Crippen LogP contribution in [0.2, 0.25) is 0 Å². The summed E-state index contributed by atoms with van der Waals surface area (Å²) in [6, 6.07) is 6.29. The summed E-state index contributed by atoms with van der Waals surface area (Å²) in [5.74, 6) is 4.00. The fraction of sp³-hybridized carbons (Fsp3) is 0.613. The number of halogens is 1. The van der Waals surface area contributed by atoms with Gasteiger partial charge in [0, 0.05) is 12.0 Å². The fourth-order valence-electron chi connectivity index (χ4n) is 8.12. The average Bonchev–Trinajstić information content (AvgIpc) is 3.16. The molecular formula is C31H39FN2O3. The smallest absolute Gasteiger partial charge is 0.260 e. The van der Waals surface area contributed by atoms with Crippen LogP contribution < -0.4 is 5.32 Å². The van der Waals surface area contributed by atoms with Crippen molar-refractivity contribution in [1.29, 1.82) is 0 Å². The van der Waals surface area contributed by atoms with E-state index in [2.05, 4.69) is 36.3 Å². The number of benzene rings is 1. The Bertz CT molecular complexity index is 1140. The van der Waals surface area contributed by atoms with E-state index in [-0.39, 0.29) is 29.2 Å². The van der Waals surface area contributed by atoms with E-state index in [0.717, 1.165) is 62.6 Å². The fourth-order valence-corrected chi connectivity index (χ4v) is 8.12. The van der Waals surface area contributed by atoms with Crippen molar-refractivity contribution in [3.05, 3.63) is 47.3 Å². The molecule has 4 aliphatic rings. The molecule has 4 aliphatic carbocycles. The van der Waals surface area contributed by atoms with E-state index in [9.17, 15) is 14.3 Å². The molecule has 0 aromatic heterocycles. The molecule has 37 heavy (non-hydrogen) atoms. The maximum Gasteiger partial charge on any atom is 0.260 e. The number of oxime groups is 1. The molecule has 198 valence electrons. The van der Waals surface area contributed by atoms with Crippen LogP contribution >= 0.6 is 0 Å². The number of carbonyl (C=O) groups is 1. The van der Waals surface area contributed by atoms with Crippen molar-refractivity contribution in [3.63, 3.8) is 0 Å². The Morgan fingerprint density at radius 1 is 1.16 bits per heavy atom. The molecular weight excluding hydrogens is 467 g/mol. The van der Waals surface area contributed by atoms with Gasteiger partial charge in [0.1, 0.15) is 11.4 Å². The first-order valence-electron chi connectivity index (χ1n) is 13.8. The van der Waals surface area contributed by atoms with Crippen molar-refractivity contribution in [2.45, 2.75) is 77.2 Å². The zero-order valence-corrected chi connectivity index (χ0v) is 22.1. The summed E-state index contributed by atoms with van der Waals surface area (Å²) in [4.78, 5) is 17.6. The number of fused-ring (bicyclic) bond motifs is 5. The lowest BCUT2D eigenvalue weighted by molar-refractivity contribution is -0.125. The largest absolute Gasteiger partial charge is 0.385 e. The standard InChI is InChI=1S/C31H39FN2O3/c1-4-31(36)17-13-27-25-10-7-22-19-24(11-15-29(22,2)26(25)12-16-30(27,31)3)34-37-20-28(35)33-18-14-21-5-8-23(32)9-6-21/h1,5-6,8-9,19,25-27,36H,7,10-18,20H2,2-3H3,(H,33,35)/t25-,26-,27-,29-,30+,31-/m0/s1. The van der Waals surface area contributed by atoms with Gasteiger partial charge in [0.2, 0.25) is 0 Å². The zero-order valence-electron chi connectivity index (χ0n) is 22.1. The maximum absolute atomic E-state index is 13.0. The Morgan fingerprint density at radius 3 is 2.68 bits per heavy atom. The van der Waals surface area contributed by atoms with E-state index in [4.69, 9.17) is 11.3 Å². The van der Waals surface area contributed by atoms with E-state index >= 15 is 0 Å². The molecule has 0 bridgehead atoms. The summed E-state index contributed by atoms with van der Waals surface area (Å²) in [7, 11) is 0. The number of carbonyl (C=O) groups excluding carboxylic acids is 1. The van der Waals surface area contributed by atoms with Gasteiger partial charge in [-0.15, -0.1) is 6.42 Å². The molecule has 0 heterocycles. The van der Waals surface area contributed by atoms with E-state index in [1.165, 1.54) is 17.7 Å². The number of nitrogens with zero attached hydrogens (tertiary/aromatic N) is 1. The van der Waals surface area contributed by atoms with E-state index in [1.54, 1.807) is 12.1 Å². The van der Waals surface area contributed by atoms with Crippen LogP contribution in [0.25, 0.3) is 0 Å². The molecule has 1 amide bonds. The minimum atomic E-state index is -0.962. The van der Waals surface area contributed by atoms with E-state index in [0.29, 0.717) is 30.7 Å². The first-order valence-corrected chi connectivity index (χ1v) is 13.8. The summed E-state index contributed by atoms with van der Waals surface area (Å²) in [5, 5.41) is 18.3. The molecule has 1 aromatic rings. The first kappa shape index (κ1) is 26.0. The van der Waals surface area contributed by atoms with Gasteiger partial charge >= 0.3 is 0 Å². The highest BCUT2D eigenvalue weighted by molar-refractivity contribution is 5.96. The molecule has 2 N–H and O–H groups in total. The maximum atomic E-state index is 13.0. The highest BCUT2D eigenvalue weighted by Gasteiger charge is 2.63. The number of hydrogen-bond donors (Lipinski definition) is 2. The third-order valence-electron chi connectivity index (χ3n) is 10.4. The normalized spacial score (nSPS) is 37.5. The lowest BCUT2D eigenvalue weighted by Gasteiger charge is -2.58. The topological polar surface area (TPSA) is 70.9 Å². The summed E-state index contributed by atoms with van der Waals surface area (Å²) in [6.07, 6.45) is 16.6. The van der Waals surface area contributed by atoms with Gasteiger partial charge in [-0.2, -0.15) is 0 Å². The summed E-state index contributed by atoms with van der Waals surface area (Å²) < 4.78 is 13.0. The number of hydrogen-bond acceptors (Lipinski definition) is 4. The van der Waals surface area contributed by atoms with Crippen molar-refractivity contribution in [3.8, 4) is 12.3 Å². The van der Waals surface area contributed by atoms with Crippen LogP contribution in [-0.2, 0) is 16.1 Å². The quantitative estimate of drug-likeness (QED) is 0.412. The summed E-state index contributed by atoms with van der Waals surface area (Å²) in [6.45, 7) is 5.01. The van der Waals surface area contributed by atoms with Crippen LogP contribution in [0, 0.1) is 46.7 Å². The van der Waals surface area contributed by atoms with Crippen LogP contribution in [0.5, 0.6) is 0 Å². The SMILES string of the molecule is C#C[C@]1(O)CC[C@H]2[C@H]3CCC4=CC(=NOCC(=O)NCCc5ccc(F)cc5)CC[C@]4(C)[C@H]3CC[C@]21C. The molecule has 0 aliphatic heterocycles. The minimum Gasteiger partial charge on any atom is -0.385 e. The minimum absolute atomic E-state index is 0.115. The van der Waals surface area contributed by atoms with Gasteiger partial charge in [0.05, 0.1) is 5.71 Å². The number of amides is 1.